The van der Waals surface area contributed by atoms with Gasteiger partial charge in [0.2, 0.25) is 0 Å². The molecule has 94 valence electrons. The van der Waals surface area contributed by atoms with Crippen LogP contribution in [0.5, 0.6) is 5.75 Å². The van der Waals surface area contributed by atoms with Crippen molar-refractivity contribution in [1.82, 2.24) is 10.6 Å². The molecule has 4 nitrogen and oxygen atoms in total. The molecule has 0 atom stereocenters. The number of hydrogen-bond donors (Lipinski definition) is 2. The van der Waals surface area contributed by atoms with Crippen LogP contribution in [0.15, 0.2) is 18.2 Å². The molecule has 0 unspecified atom stereocenters. The molecule has 1 amide bonds. The van der Waals surface area contributed by atoms with Crippen LogP contribution in [0.3, 0.4) is 0 Å². The van der Waals surface area contributed by atoms with Gasteiger partial charge in [0.05, 0.1) is 12.2 Å². The minimum atomic E-state index is -0.520. The second kappa shape index (κ2) is 6.85. The minimum Gasteiger partial charge on any atom is -0.490 e. The molecule has 5 heteroatoms. The van der Waals surface area contributed by atoms with Crippen molar-refractivity contribution in [3.05, 3.63) is 29.6 Å². The maximum absolute atomic E-state index is 13.5. The Hall–Kier alpha value is -1.62. The van der Waals surface area contributed by atoms with Crippen molar-refractivity contribution < 1.29 is 13.9 Å². The van der Waals surface area contributed by atoms with Gasteiger partial charge in [0.15, 0.2) is 11.6 Å². The Morgan fingerprint density at radius 2 is 2.18 bits per heavy atom. The second-order valence-corrected chi connectivity index (χ2v) is 3.41. The molecule has 1 rings (SSSR count). The molecule has 0 aliphatic heterocycles. The van der Waals surface area contributed by atoms with Crippen LogP contribution in [0, 0.1) is 5.82 Å². The lowest BCUT2D eigenvalue weighted by Gasteiger charge is -2.11. The monoisotopic (exact) mass is 240 g/mol. The first-order valence-corrected chi connectivity index (χ1v) is 5.54. The Morgan fingerprint density at radius 1 is 1.41 bits per heavy atom. The van der Waals surface area contributed by atoms with Crippen LogP contribution in [0.1, 0.15) is 17.3 Å². The summed E-state index contributed by atoms with van der Waals surface area (Å²) in [4.78, 5) is 11.8. The quantitative estimate of drug-likeness (QED) is 0.734. The molecule has 0 heterocycles. The fourth-order valence-electron chi connectivity index (χ4n) is 1.37. The number of amides is 1. The second-order valence-electron chi connectivity index (χ2n) is 3.41. The predicted octanol–water partition coefficient (Wildman–Crippen LogP) is 1.17. The largest absolute Gasteiger partial charge is 0.490 e. The highest BCUT2D eigenvalue weighted by atomic mass is 19.1. The van der Waals surface area contributed by atoms with E-state index in [1.807, 2.05) is 0 Å². The summed E-state index contributed by atoms with van der Waals surface area (Å²) in [6.45, 7) is 3.20. The van der Waals surface area contributed by atoms with Crippen LogP contribution in [0.25, 0.3) is 0 Å². The smallest absolute Gasteiger partial charge is 0.255 e. The highest BCUT2D eigenvalue weighted by molar-refractivity contribution is 5.96. The van der Waals surface area contributed by atoms with E-state index in [0.29, 0.717) is 19.7 Å². The molecule has 0 spiro atoms. The molecule has 1 aromatic carbocycles. The van der Waals surface area contributed by atoms with Gasteiger partial charge in [-0.1, -0.05) is 6.07 Å². The van der Waals surface area contributed by atoms with Gasteiger partial charge in [0.1, 0.15) is 0 Å². The van der Waals surface area contributed by atoms with Crippen molar-refractivity contribution in [3.8, 4) is 5.75 Å². The van der Waals surface area contributed by atoms with Crippen molar-refractivity contribution in [2.45, 2.75) is 6.92 Å². The third kappa shape index (κ3) is 3.71. The van der Waals surface area contributed by atoms with E-state index in [9.17, 15) is 9.18 Å². The summed E-state index contributed by atoms with van der Waals surface area (Å²) in [5, 5.41) is 5.58. The van der Waals surface area contributed by atoms with E-state index in [0.717, 1.165) is 0 Å². The van der Waals surface area contributed by atoms with Gasteiger partial charge in [-0.2, -0.15) is 0 Å². The number of benzene rings is 1. The van der Waals surface area contributed by atoms with Crippen LogP contribution < -0.4 is 15.4 Å². The Morgan fingerprint density at radius 3 is 2.82 bits per heavy atom. The van der Waals surface area contributed by atoms with Gasteiger partial charge in [-0.3, -0.25) is 4.79 Å². The zero-order valence-electron chi connectivity index (χ0n) is 10.0. The fourth-order valence-corrected chi connectivity index (χ4v) is 1.37. The summed E-state index contributed by atoms with van der Waals surface area (Å²) in [7, 11) is 1.79. The molecule has 2 N–H and O–H groups in total. The summed E-state index contributed by atoms with van der Waals surface area (Å²) >= 11 is 0. The normalized spacial score (nSPS) is 10.1. The molecule has 1 aromatic rings. The number of ether oxygens (including phenoxy) is 1. The van der Waals surface area contributed by atoms with E-state index in [1.54, 1.807) is 20.0 Å². The lowest BCUT2D eigenvalue weighted by Crippen LogP contribution is -2.30. The maximum Gasteiger partial charge on any atom is 0.255 e. The molecular formula is C12H17FN2O2. The van der Waals surface area contributed by atoms with E-state index in [2.05, 4.69) is 10.6 Å². The molecule has 0 saturated heterocycles. The molecule has 17 heavy (non-hydrogen) atoms. The first kappa shape index (κ1) is 13.4. The summed E-state index contributed by atoms with van der Waals surface area (Å²) in [5.41, 5.74) is 0.225. The van der Waals surface area contributed by atoms with Crippen LogP contribution in [0.2, 0.25) is 0 Å². The van der Waals surface area contributed by atoms with Crippen LogP contribution in [-0.4, -0.2) is 32.7 Å². The Kier molecular flexibility index (Phi) is 5.42. The van der Waals surface area contributed by atoms with Crippen molar-refractivity contribution in [1.29, 1.82) is 0 Å². The number of carbonyl (C=O) groups excluding carboxylic acids is 1. The van der Waals surface area contributed by atoms with Crippen molar-refractivity contribution in [3.63, 3.8) is 0 Å². The van der Waals surface area contributed by atoms with Gasteiger partial charge < -0.3 is 15.4 Å². The van der Waals surface area contributed by atoms with Crippen LogP contribution >= 0.6 is 0 Å². The number of nitrogens with one attached hydrogen (secondary N) is 2. The number of hydrogen-bond acceptors (Lipinski definition) is 3. The molecule has 0 aliphatic carbocycles. The summed E-state index contributed by atoms with van der Waals surface area (Å²) in [6.07, 6.45) is 0. The van der Waals surface area contributed by atoms with E-state index in [1.165, 1.54) is 12.1 Å². The van der Waals surface area contributed by atoms with Gasteiger partial charge in [-0.05, 0) is 26.1 Å². The maximum atomic E-state index is 13.5. The molecule has 0 bridgehead atoms. The molecule has 0 aliphatic rings. The zero-order valence-corrected chi connectivity index (χ0v) is 10.0. The Bertz CT molecular complexity index is 383. The number of halogens is 1. The minimum absolute atomic E-state index is 0.0111. The summed E-state index contributed by atoms with van der Waals surface area (Å²) in [6, 6.07) is 4.31. The zero-order chi connectivity index (χ0) is 12.7. The van der Waals surface area contributed by atoms with Crippen molar-refractivity contribution >= 4 is 5.91 Å². The van der Waals surface area contributed by atoms with E-state index < -0.39 is 5.82 Å². The van der Waals surface area contributed by atoms with E-state index in [4.69, 9.17) is 4.74 Å². The standard InChI is InChI=1S/C12H17FN2O2/c1-3-17-11-9(5-4-6-10(11)13)12(16)15-8-7-14-2/h4-6,14H,3,7-8H2,1-2H3,(H,15,16). The van der Waals surface area contributed by atoms with Crippen molar-refractivity contribution in [2.24, 2.45) is 0 Å². The van der Waals surface area contributed by atoms with E-state index >= 15 is 0 Å². The van der Waals surface area contributed by atoms with Gasteiger partial charge >= 0.3 is 0 Å². The molecule has 0 saturated carbocycles. The first-order chi connectivity index (χ1) is 8.20. The highest BCUT2D eigenvalue weighted by Gasteiger charge is 2.15. The molecule has 0 radical (unpaired) electrons. The lowest BCUT2D eigenvalue weighted by atomic mass is 10.2. The van der Waals surface area contributed by atoms with Gasteiger partial charge in [0.25, 0.3) is 5.91 Å². The molecule has 0 fully saturated rings. The highest BCUT2D eigenvalue weighted by Crippen LogP contribution is 2.22. The molecule has 0 aromatic heterocycles. The van der Waals surface area contributed by atoms with E-state index in [-0.39, 0.29) is 17.2 Å². The number of carbonyl (C=O) groups is 1. The fraction of sp³-hybridized carbons (Fsp3) is 0.417. The van der Waals surface area contributed by atoms with Gasteiger partial charge in [-0.25, -0.2) is 4.39 Å². The van der Waals surface area contributed by atoms with Gasteiger partial charge in [0, 0.05) is 13.1 Å². The SMILES string of the molecule is CCOc1c(F)cccc1C(=O)NCCNC. The summed E-state index contributed by atoms with van der Waals surface area (Å²) < 4.78 is 18.6. The Balaban J connectivity index is 2.81. The first-order valence-electron chi connectivity index (χ1n) is 5.54. The summed E-state index contributed by atoms with van der Waals surface area (Å²) in [5.74, 6) is -0.840. The number of likely N-dealkylation sites (N-methyl/N-ethyl adjacent to an activating group) is 1. The van der Waals surface area contributed by atoms with Crippen LogP contribution in [0.4, 0.5) is 4.39 Å². The number of para-hydroxylation sites is 1. The number of rotatable bonds is 6. The topological polar surface area (TPSA) is 50.4 Å². The third-order valence-corrected chi connectivity index (χ3v) is 2.16. The Labute approximate surface area is 100 Å². The lowest BCUT2D eigenvalue weighted by molar-refractivity contribution is 0.0949. The van der Waals surface area contributed by atoms with Crippen molar-refractivity contribution in [2.75, 3.05) is 26.7 Å². The molecular weight excluding hydrogens is 223 g/mol. The average Bonchev–Trinajstić information content (AvgIpc) is 2.32. The predicted molar refractivity (Wildman–Crippen MR) is 63.8 cm³/mol. The third-order valence-electron chi connectivity index (χ3n) is 2.16. The van der Waals surface area contributed by atoms with Crippen LogP contribution in [-0.2, 0) is 0 Å². The average molecular weight is 240 g/mol. The van der Waals surface area contributed by atoms with Gasteiger partial charge in [-0.15, -0.1) is 0 Å².